The molecule has 118 valence electrons. The minimum absolute atomic E-state index is 0.0763. The van der Waals surface area contributed by atoms with Crippen molar-refractivity contribution in [2.24, 2.45) is 0 Å². The van der Waals surface area contributed by atoms with Crippen LogP contribution in [0.5, 0.6) is 0 Å². The predicted octanol–water partition coefficient (Wildman–Crippen LogP) is 4.18. The van der Waals surface area contributed by atoms with Gasteiger partial charge in [-0.2, -0.15) is 0 Å². The van der Waals surface area contributed by atoms with Crippen molar-refractivity contribution in [2.75, 3.05) is 6.61 Å². The van der Waals surface area contributed by atoms with Crippen LogP contribution in [-0.4, -0.2) is 17.6 Å². The second-order valence-electron chi connectivity index (χ2n) is 6.41. The number of carbonyl (C=O) groups is 1. The van der Waals surface area contributed by atoms with Gasteiger partial charge in [-0.15, -0.1) is 0 Å². The molecule has 3 heteroatoms. The zero-order chi connectivity index (χ0) is 16.3. The monoisotopic (exact) mass is 315 g/mol. The van der Waals surface area contributed by atoms with Crippen molar-refractivity contribution in [3.8, 4) is 0 Å². The molecule has 0 amide bonds. The Morgan fingerprint density at radius 3 is 2.25 bits per heavy atom. The van der Waals surface area contributed by atoms with Crippen LogP contribution in [0.4, 0.5) is 0 Å². The summed E-state index contributed by atoms with van der Waals surface area (Å²) in [4.78, 5) is 15.7. The normalized spacial score (nSPS) is 19.4. The molecule has 1 aromatic heterocycles. The Balaban J connectivity index is 1.83. The third-order valence-electron chi connectivity index (χ3n) is 5.25. The topological polar surface area (TPSA) is 42.1 Å². The quantitative estimate of drug-likeness (QED) is 0.497. The average molecular weight is 315 g/mol. The van der Waals surface area contributed by atoms with E-state index >= 15 is 0 Å². The van der Waals surface area contributed by atoms with Crippen molar-refractivity contribution in [1.29, 1.82) is 0 Å². The number of carbonyl (C=O) groups excluding carboxylic acids is 1. The van der Waals surface area contributed by atoms with Gasteiger partial charge < -0.3 is 9.72 Å². The predicted molar refractivity (Wildman–Crippen MR) is 91.5 cm³/mol. The molecule has 3 nitrogen and oxygen atoms in total. The van der Waals surface area contributed by atoms with Gasteiger partial charge in [0.1, 0.15) is 5.69 Å². The highest BCUT2D eigenvalue weighted by molar-refractivity contribution is 5.91. The number of ether oxygens (including phenoxy) is 1. The van der Waals surface area contributed by atoms with Gasteiger partial charge in [0.15, 0.2) is 0 Å². The molecule has 1 N–H and O–H groups in total. The van der Waals surface area contributed by atoms with E-state index in [9.17, 15) is 4.79 Å². The third kappa shape index (κ3) is 1.64. The Hall–Kier alpha value is -2.81. The van der Waals surface area contributed by atoms with E-state index in [1.54, 1.807) is 0 Å². The van der Waals surface area contributed by atoms with Crippen LogP contribution in [0.15, 0.2) is 54.7 Å². The van der Waals surface area contributed by atoms with Gasteiger partial charge in [-0.25, -0.2) is 4.79 Å². The molecule has 0 saturated heterocycles. The third-order valence-corrected chi connectivity index (χ3v) is 5.25. The number of H-pyrrole nitrogens is 1. The number of benzene rings is 2. The molecule has 2 atom stereocenters. The van der Waals surface area contributed by atoms with Gasteiger partial charge in [0, 0.05) is 23.6 Å². The molecule has 0 fully saturated rings. The highest BCUT2D eigenvalue weighted by atomic mass is 16.5. The molecule has 2 aromatic carbocycles. The first-order valence-electron chi connectivity index (χ1n) is 8.36. The van der Waals surface area contributed by atoms with Crippen LogP contribution in [0, 0.1) is 0 Å². The van der Waals surface area contributed by atoms with Crippen LogP contribution in [0.25, 0.3) is 0 Å². The summed E-state index contributed by atoms with van der Waals surface area (Å²) in [6.07, 6.45) is 1.99. The van der Waals surface area contributed by atoms with E-state index in [1.165, 1.54) is 27.8 Å². The molecule has 0 unspecified atom stereocenters. The molecule has 3 aromatic rings. The number of aromatic amines is 1. The maximum Gasteiger partial charge on any atom is 0.355 e. The Bertz CT molecular complexity index is 952. The standard InChI is InChI=1S/C21H17NO2/c1-2-24-21(23)20-19-16(11-22-20)17-12-7-9-13(10-8-12)18(19)15-6-4-3-5-14(15)17/h3-11,17-18,22H,2H2,1H3/t17-,18+/m0/s1. The molecule has 8 rings (SSSR count). The second-order valence-corrected chi connectivity index (χ2v) is 6.41. The zero-order valence-electron chi connectivity index (χ0n) is 13.4. The van der Waals surface area contributed by atoms with Crippen LogP contribution in [-0.2, 0) is 4.74 Å². The van der Waals surface area contributed by atoms with E-state index in [1.807, 2.05) is 13.1 Å². The average Bonchev–Trinajstić information content (AvgIpc) is 3.00. The molecular weight excluding hydrogens is 298 g/mol. The first-order valence-corrected chi connectivity index (χ1v) is 8.36. The lowest BCUT2D eigenvalue weighted by atomic mass is 9.66. The number of hydrogen-bond donors (Lipinski definition) is 1. The van der Waals surface area contributed by atoms with E-state index in [0.29, 0.717) is 12.3 Å². The zero-order valence-corrected chi connectivity index (χ0v) is 13.4. The summed E-state index contributed by atoms with van der Waals surface area (Å²) in [6, 6.07) is 17.4. The molecule has 0 spiro atoms. The van der Waals surface area contributed by atoms with Crippen LogP contribution in [0.2, 0.25) is 0 Å². The highest BCUT2D eigenvalue weighted by Crippen LogP contribution is 2.51. The van der Waals surface area contributed by atoms with Crippen molar-refractivity contribution >= 4 is 5.97 Å². The van der Waals surface area contributed by atoms with Crippen molar-refractivity contribution < 1.29 is 9.53 Å². The molecule has 5 aliphatic rings. The SMILES string of the molecule is CCOC(=O)c1[nH]cc2c1[C@@H]1c3ccc(cc3)[C@H]2c2ccccc21. The van der Waals surface area contributed by atoms with Crippen LogP contribution in [0.1, 0.15) is 62.6 Å². The summed E-state index contributed by atoms with van der Waals surface area (Å²) in [7, 11) is 0. The van der Waals surface area contributed by atoms with Gasteiger partial charge in [0.05, 0.1) is 6.61 Å². The van der Waals surface area contributed by atoms with Crippen molar-refractivity contribution in [3.05, 3.63) is 93.8 Å². The van der Waals surface area contributed by atoms with Gasteiger partial charge in [0.2, 0.25) is 0 Å². The van der Waals surface area contributed by atoms with Gasteiger partial charge in [-0.05, 0) is 34.7 Å². The number of hydrogen-bond acceptors (Lipinski definition) is 2. The van der Waals surface area contributed by atoms with Crippen LogP contribution < -0.4 is 0 Å². The van der Waals surface area contributed by atoms with E-state index < -0.39 is 0 Å². The lowest BCUT2D eigenvalue weighted by Crippen LogP contribution is -2.23. The second kappa shape index (κ2) is 4.84. The van der Waals surface area contributed by atoms with Gasteiger partial charge in [-0.3, -0.25) is 0 Å². The lowest BCUT2D eigenvalue weighted by molar-refractivity contribution is 0.0518. The Kier molecular flexibility index (Phi) is 2.75. The first-order chi connectivity index (χ1) is 11.8. The van der Waals surface area contributed by atoms with Crippen LogP contribution >= 0.6 is 0 Å². The molecule has 0 aliphatic heterocycles. The largest absolute Gasteiger partial charge is 0.461 e. The van der Waals surface area contributed by atoms with E-state index in [2.05, 4.69) is 53.5 Å². The number of rotatable bonds is 2. The number of aromatic nitrogens is 1. The smallest absolute Gasteiger partial charge is 0.355 e. The molecular formula is C21H17NO2. The molecule has 0 saturated carbocycles. The van der Waals surface area contributed by atoms with Crippen LogP contribution in [0.3, 0.4) is 0 Å². The highest BCUT2D eigenvalue weighted by Gasteiger charge is 2.39. The molecule has 1 heterocycles. The van der Waals surface area contributed by atoms with Gasteiger partial charge in [-0.1, -0.05) is 48.5 Å². The van der Waals surface area contributed by atoms with E-state index in [0.717, 1.165) is 5.56 Å². The minimum Gasteiger partial charge on any atom is -0.461 e. The lowest BCUT2D eigenvalue weighted by Gasteiger charge is -2.36. The van der Waals surface area contributed by atoms with E-state index in [-0.39, 0.29) is 17.8 Å². The maximum atomic E-state index is 12.5. The minimum atomic E-state index is -0.267. The Morgan fingerprint density at radius 1 is 0.958 bits per heavy atom. The van der Waals surface area contributed by atoms with Gasteiger partial charge in [0.25, 0.3) is 0 Å². The van der Waals surface area contributed by atoms with Gasteiger partial charge >= 0.3 is 5.97 Å². The number of esters is 1. The Labute approximate surface area is 140 Å². The molecule has 4 bridgehead atoms. The first kappa shape index (κ1) is 13.6. The van der Waals surface area contributed by atoms with Crippen molar-refractivity contribution in [2.45, 2.75) is 18.8 Å². The number of nitrogens with one attached hydrogen (secondary N) is 1. The maximum absolute atomic E-state index is 12.5. The van der Waals surface area contributed by atoms with Crippen molar-refractivity contribution in [3.63, 3.8) is 0 Å². The summed E-state index contributed by atoms with van der Waals surface area (Å²) >= 11 is 0. The fourth-order valence-corrected chi connectivity index (χ4v) is 4.32. The summed E-state index contributed by atoms with van der Waals surface area (Å²) < 4.78 is 5.28. The fraction of sp³-hybridized carbons (Fsp3) is 0.190. The summed E-state index contributed by atoms with van der Waals surface area (Å²) in [5, 5.41) is 0. The summed E-state index contributed by atoms with van der Waals surface area (Å²) in [5.74, 6) is -0.0226. The molecule has 0 radical (unpaired) electrons. The van der Waals surface area contributed by atoms with Crippen molar-refractivity contribution in [1.82, 2.24) is 4.98 Å². The Morgan fingerprint density at radius 2 is 1.58 bits per heavy atom. The summed E-state index contributed by atoms with van der Waals surface area (Å²) in [6.45, 7) is 2.22. The fourth-order valence-electron chi connectivity index (χ4n) is 4.32. The molecule has 24 heavy (non-hydrogen) atoms. The molecule has 5 aliphatic carbocycles. The summed E-state index contributed by atoms with van der Waals surface area (Å²) in [5.41, 5.74) is 7.99. The van der Waals surface area contributed by atoms with E-state index in [4.69, 9.17) is 4.74 Å².